The number of aryl methyl sites for hydroxylation is 1. The lowest BCUT2D eigenvalue weighted by molar-refractivity contribution is -0.136. The number of carbonyl (C=O) groups is 1. The SMILES string of the molecule is O=C(C1CCCOCC1)N1CCCc2ccccc2CC1. The van der Waals surface area contributed by atoms with Crippen LogP contribution in [0.2, 0.25) is 0 Å². The Morgan fingerprint density at radius 2 is 1.81 bits per heavy atom. The minimum absolute atomic E-state index is 0.183. The van der Waals surface area contributed by atoms with Crippen LogP contribution in [-0.2, 0) is 22.4 Å². The van der Waals surface area contributed by atoms with Crippen molar-refractivity contribution in [3.8, 4) is 0 Å². The van der Waals surface area contributed by atoms with Crippen LogP contribution in [0.4, 0.5) is 0 Å². The second kappa shape index (κ2) is 7.08. The number of hydrogen-bond donors (Lipinski definition) is 0. The van der Waals surface area contributed by atoms with E-state index in [1.165, 1.54) is 11.1 Å². The van der Waals surface area contributed by atoms with Gasteiger partial charge in [-0.1, -0.05) is 24.3 Å². The largest absolute Gasteiger partial charge is 0.381 e. The van der Waals surface area contributed by atoms with Crippen molar-refractivity contribution in [1.29, 1.82) is 0 Å². The molecule has 0 aliphatic carbocycles. The van der Waals surface area contributed by atoms with Crippen LogP contribution in [0.15, 0.2) is 24.3 Å². The fourth-order valence-electron chi connectivity index (χ4n) is 3.50. The van der Waals surface area contributed by atoms with Gasteiger partial charge in [-0.2, -0.15) is 0 Å². The van der Waals surface area contributed by atoms with E-state index >= 15 is 0 Å². The van der Waals surface area contributed by atoms with Gasteiger partial charge in [-0.05, 0) is 49.7 Å². The Kier molecular flexibility index (Phi) is 4.91. The number of benzene rings is 1. The Morgan fingerprint density at radius 1 is 1.00 bits per heavy atom. The normalized spacial score (nSPS) is 23.6. The molecule has 0 aromatic heterocycles. The van der Waals surface area contributed by atoms with E-state index in [1.807, 2.05) is 0 Å². The molecule has 3 nitrogen and oxygen atoms in total. The first-order valence-electron chi connectivity index (χ1n) is 8.28. The summed E-state index contributed by atoms with van der Waals surface area (Å²) in [6, 6.07) is 8.67. The average Bonchev–Trinajstić information content (AvgIpc) is 2.77. The minimum Gasteiger partial charge on any atom is -0.381 e. The Balaban J connectivity index is 1.65. The van der Waals surface area contributed by atoms with E-state index in [-0.39, 0.29) is 5.92 Å². The third-order valence-corrected chi connectivity index (χ3v) is 4.76. The molecule has 0 saturated carbocycles. The molecule has 0 N–H and O–H groups in total. The molecule has 21 heavy (non-hydrogen) atoms. The van der Waals surface area contributed by atoms with Crippen molar-refractivity contribution in [1.82, 2.24) is 4.90 Å². The maximum Gasteiger partial charge on any atom is 0.225 e. The molecule has 1 saturated heterocycles. The third kappa shape index (κ3) is 3.65. The van der Waals surface area contributed by atoms with E-state index in [2.05, 4.69) is 29.2 Å². The van der Waals surface area contributed by atoms with Crippen molar-refractivity contribution in [2.45, 2.75) is 38.5 Å². The van der Waals surface area contributed by atoms with Crippen LogP contribution in [0.25, 0.3) is 0 Å². The van der Waals surface area contributed by atoms with Crippen molar-refractivity contribution in [2.75, 3.05) is 26.3 Å². The smallest absolute Gasteiger partial charge is 0.225 e. The molecule has 1 aromatic rings. The molecule has 3 rings (SSSR count). The van der Waals surface area contributed by atoms with Gasteiger partial charge in [0.05, 0.1) is 0 Å². The molecule has 1 amide bonds. The summed E-state index contributed by atoms with van der Waals surface area (Å²) in [4.78, 5) is 14.9. The van der Waals surface area contributed by atoms with Crippen molar-refractivity contribution >= 4 is 5.91 Å². The first kappa shape index (κ1) is 14.6. The minimum atomic E-state index is 0.183. The molecule has 2 aliphatic heterocycles. The highest BCUT2D eigenvalue weighted by molar-refractivity contribution is 5.79. The van der Waals surface area contributed by atoms with Crippen molar-refractivity contribution < 1.29 is 9.53 Å². The number of rotatable bonds is 1. The number of hydrogen-bond acceptors (Lipinski definition) is 2. The average molecular weight is 287 g/mol. The van der Waals surface area contributed by atoms with E-state index in [1.54, 1.807) is 0 Å². The van der Waals surface area contributed by atoms with Crippen LogP contribution in [-0.4, -0.2) is 37.1 Å². The summed E-state index contributed by atoms with van der Waals surface area (Å²) >= 11 is 0. The predicted molar refractivity (Wildman–Crippen MR) is 83.2 cm³/mol. The quantitative estimate of drug-likeness (QED) is 0.795. The second-order valence-corrected chi connectivity index (χ2v) is 6.19. The summed E-state index contributed by atoms with van der Waals surface area (Å²) in [7, 11) is 0. The lowest BCUT2D eigenvalue weighted by Crippen LogP contribution is -2.39. The summed E-state index contributed by atoms with van der Waals surface area (Å²) in [5, 5.41) is 0. The lowest BCUT2D eigenvalue weighted by atomic mass is 9.95. The van der Waals surface area contributed by atoms with Gasteiger partial charge in [0.15, 0.2) is 0 Å². The van der Waals surface area contributed by atoms with Crippen LogP contribution < -0.4 is 0 Å². The van der Waals surface area contributed by atoms with Crippen LogP contribution in [0.1, 0.15) is 36.8 Å². The molecule has 114 valence electrons. The number of amides is 1. The monoisotopic (exact) mass is 287 g/mol. The van der Waals surface area contributed by atoms with Gasteiger partial charge in [-0.3, -0.25) is 4.79 Å². The van der Waals surface area contributed by atoms with Crippen molar-refractivity contribution in [3.05, 3.63) is 35.4 Å². The molecule has 1 unspecified atom stereocenters. The highest BCUT2D eigenvalue weighted by atomic mass is 16.5. The topological polar surface area (TPSA) is 29.5 Å². The maximum atomic E-state index is 12.8. The Hall–Kier alpha value is -1.35. The molecule has 0 bridgehead atoms. The summed E-state index contributed by atoms with van der Waals surface area (Å²) < 4.78 is 5.48. The van der Waals surface area contributed by atoms with Crippen LogP contribution in [0.3, 0.4) is 0 Å². The summed E-state index contributed by atoms with van der Waals surface area (Å²) in [6.07, 6.45) is 6.07. The number of carbonyl (C=O) groups excluding carboxylic acids is 1. The van der Waals surface area contributed by atoms with Gasteiger partial charge in [0, 0.05) is 32.2 Å². The zero-order chi connectivity index (χ0) is 14.5. The summed E-state index contributed by atoms with van der Waals surface area (Å²) in [5.74, 6) is 0.544. The lowest BCUT2D eigenvalue weighted by Gasteiger charge is -2.29. The van der Waals surface area contributed by atoms with Gasteiger partial charge < -0.3 is 9.64 Å². The van der Waals surface area contributed by atoms with Gasteiger partial charge in [0.2, 0.25) is 5.91 Å². The van der Waals surface area contributed by atoms with E-state index in [9.17, 15) is 4.79 Å². The summed E-state index contributed by atoms with van der Waals surface area (Å²) in [6.45, 7) is 3.34. The van der Waals surface area contributed by atoms with Crippen LogP contribution in [0, 0.1) is 5.92 Å². The highest BCUT2D eigenvalue weighted by Crippen LogP contribution is 2.21. The molecular formula is C18H25NO2. The Bertz CT molecular complexity index is 478. The van der Waals surface area contributed by atoms with Crippen molar-refractivity contribution in [2.24, 2.45) is 5.92 Å². The summed E-state index contributed by atoms with van der Waals surface area (Å²) in [5.41, 5.74) is 2.88. The van der Waals surface area contributed by atoms with E-state index in [0.717, 1.165) is 64.8 Å². The van der Waals surface area contributed by atoms with Gasteiger partial charge in [0.1, 0.15) is 0 Å². The number of fused-ring (bicyclic) bond motifs is 1. The molecule has 0 radical (unpaired) electrons. The zero-order valence-electron chi connectivity index (χ0n) is 12.7. The molecule has 3 heteroatoms. The first-order chi connectivity index (χ1) is 10.3. The molecule has 2 heterocycles. The zero-order valence-corrected chi connectivity index (χ0v) is 12.7. The molecule has 0 spiro atoms. The standard InChI is InChI=1S/C18H25NO2/c20-18(17-8-4-13-21-14-10-17)19-11-3-7-15-5-1-2-6-16(15)9-12-19/h1-2,5-6,17H,3-4,7-14H2. The third-order valence-electron chi connectivity index (χ3n) is 4.76. The maximum absolute atomic E-state index is 12.8. The van der Waals surface area contributed by atoms with Crippen LogP contribution in [0.5, 0.6) is 0 Å². The Labute approximate surface area is 127 Å². The number of nitrogens with zero attached hydrogens (tertiary/aromatic N) is 1. The molecular weight excluding hydrogens is 262 g/mol. The van der Waals surface area contributed by atoms with Crippen molar-refractivity contribution in [3.63, 3.8) is 0 Å². The van der Waals surface area contributed by atoms with Gasteiger partial charge >= 0.3 is 0 Å². The van der Waals surface area contributed by atoms with E-state index in [0.29, 0.717) is 5.91 Å². The molecule has 1 aromatic carbocycles. The predicted octanol–water partition coefficient (Wildman–Crippen LogP) is 2.82. The van der Waals surface area contributed by atoms with Gasteiger partial charge in [-0.25, -0.2) is 0 Å². The molecule has 1 atom stereocenters. The fraction of sp³-hybridized carbons (Fsp3) is 0.611. The molecule has 2 aliphatic rings. The second-order valence-electron chi connectivity index (χ2n) is 6.19. The first-order valence-corrected chi connectivity index (χ1v) is 8.28. The van der Waals surface area contributed by atoms with E-state index < -0.39 is 0 Å². The van der Waals surface area contributed by atoms with E-state index in [4.69, 9.17) is 4.74 Å². The highest BCUT2D eigenvalue weighted by Gasteiger charge is 2.25. The fourth-order valence-corrected chi connectivity index (χ4v) is 3.50. The molecule has 1 fully saturated rings. The number of ether oxygens (including phenoxy) is 1. The van der Waals surface area contributed by atoms with Gasteiger partial charge in [-0.15, -0.1) is 0 Å². The van der Waals surface area contributed by atoms with Gasteiger partial charge in [0.25, 0.3) is 0 Å². The van der Waals surface area contributed by atoms with Crippen LogP contribution >= 0.6 is 0 Å². The Morgan fingerprint density at radius 3 is 2.67 bits per heavy atom.